The molecule has 3 aliphatic rings. The number of allylic oxidation sites excluding steroid dienone is 3. The third-order valence-corrected chi connectivity index (χ3v) is 10.9. The molecule has 288 valence electrons. The van der Waals surface area contributed by atoms with E-state index in [0.29, 0.717) is 24.3 Å². The Hall–Kier alpha value is -3.30. The SMILES string of the molecule is COc1cc2cc(c1Cl)N(C)C(=O)C[C@H](OC(=O)[C@H](C)N(C)C(=O)CCC(C)(C)S)[C@]1(C)O[C@H]1[C@H](C)[C@@H]1C[C@@](O)(NC(=O)O1)[C@H](O)/C=C/C=C(\C)C2. The van der Waals surface area contributed by atoms with Crippen LogP contribution in [0.15, 0.2) is 35.9 Å². The first kappa shape index (κ1) is 41.5. The van der Waals surface area contributed by atoms with Crippen molar-refractivity contribution in [2.75, 3.05) is 26.1 Å². The second kappa shape index (κ2) is 16.0. The van der Waals surface area contributed by atoms with Gasteiger partial charge in [-0.2, -0.15) is 12.6 Å². The number of anilines is 1. The first-order chi connectivity index (χ1) is 24.1. The van der Waals surface area contributed by atoms with E-state index in [9.17, 15) is 29.4 Å². The molecule has 0 spiro atoms. The number of methoxy groups -OCH3 is 1. The van der Waals surface area contributed by atoms with E-state index in [1.165, 1.54) is 30.0 Å². The van der Waals surface area contributed by atoms with Gasteiger partial charge in [-0.1, -0.05) is 56.2 Å². The van der Waals surface area contributed by atoms with Crippen molar-refractivity contribution >= 4 is 53.8 Å². The summed E-state index contributed by atoms with van der Waals surface area (Å²) in [7, 11) is 4.55. The van der Waals surface area contributed by atoms with E-state index in [-0.39, 0.29) is 34.9 Å². The monoisotopic (exact) mass is 765 g/mol. The predicted octanol–water partition coefficient (Wildman–Crippen LogP) is 4.35. The quantitative estimate of drug-likeness (QED) is 0.178. The summed E-state index contributed by atoms with van der Waals surface area (Å²) in [5, 5.41) is 25.0. The molecule has 3 N–H and O–H groups in total. The Morgan fingerprint density at radius 3 is 2.60 bits per heavy atom. The summed E-state index contributed by atoms with van der Waals surface area (Å²) in [6, 6.07) is 2.52. The van der Waals surface area contributed by atoms with E-state index in [2.05, 4.69) is 17.9 Å². The molecule has 0 radical (unpaired) electrons. The van der Waals surface area contributed by atoms with Gasteiger partial charge in [-0.15, -0.1) is 0 Å². The number of ether oxygens (including phenoxy) is 4. The molecule has 0 unspecified atom stereocenters. The van der Waals surface area contributed by atoms with E-state index < -0.39 is 65.7 Å². The number of thiol groups is 1. The summed E-state index contributed by atoms with van der Waals surface area (Å²) in [5.74, 6) is -1.70. The number of hydrogen-bond acceptors (Lipinski definition) is 11. The lowest BCUT2D eigenvalue weighted by atomic mass is 9.83. The van der Waals surface area contributed by atoms with Crippen molar-refractivity contribution in [2.45, 2.75) is 120 Å². The lowest BCUT2D eigenvalue weighted by molar-refractivity contribution is -0.162. The molecule has 8 atom stereocenters. The third kappa shape index (κ3) is 9.43. The molecule has 1 aromatic rings. The number of esters is 1. The maximum absolute atomic E-state index is 14.1. The Balaban J connectivity index is 1.73. The Morgan fingerprint density at radius 2 is 1.96 bits per heavy atom. The van der Waals surface area contributed by atoms with Gasteiger partial charge in [-0.25, -0.2) is 9.59 Å². The van der Waals surface area contributed by atoms with Crippen LogP contribution in [-0.4, -0.2) is 107 Å². The number of nitrogens with one attached hydrogen (secondary N) is 1. The molecule has 1 aromatic carbocycles. The highest BCUT2D eigenvalue weighted by atomic mass is 35.5. The molecule has 15 heteroatoms. The van der Waals surface area contributed by atoms with Gasteiger partial charge in [0.1, 0.15) is 40.7 Å². The fraction of sp³-hybridized carbons (Fsp3) is 0.622. The van der Waals surface area contributed by atoms with Crippen LogP contribution in [-0.2, 0) is 35.0 Å². The number of aliphatic hydroxyl groups excluding tert-OH is 1. The number of aliphatic hydroxyl groups is 2. The summed E-state index contributed by atoms with van der Waals surface area (Å²) in [6.45, 7) is 10.6. The molecular weight excluding hydrogens is 714 g/mol. The molecule has 0 saturated carbocycles. The van der Waals surface area contributed by atoms with Gasteiger partial charge in [0.15, 0.2) is 5.72 Å². The number of hydrogen-bond donors (Lipinski definition) is 4. The lowest BCUT2D eigenvalue weighted by Crippen LogP contribution is -2.63. The smallest absolute Gasteiger partial charge is 0.409 e. The standard InChI is InChI=1S/C37H52ClN3O10S/c1-20-11-10-12-27(42)37(47)19-26(49-34(46)39-37)21(2)32-36(6,51-32)28(50-33(45)22(3)40(7)29(43)13-14-35(4,5)52)18-30(44)41(8)24-16-23(15-20)17-25(48-9)31(24)38/h10-12,16-17,21-22,26-28,32,42,47,52H,13-15,18-19H2,1-9H3,(H,39,46)/b12-10+,20-11+/t21-,22+,26+,27-,28+,32+,36+,37+/m1/s1. The van der Waals surface area contributed by atoms with Crippen LogP contribution in [0.4, 0.5) is 10.5 Å². The van der Waals surface area contributed by atoms with Gasteiger partial charge >= 0.3 is 12.1 Å². The molecular formula is C37H52ClN3O10S. The largest absolute Gasteiger partial charge is 0.495 e. The number of alkyl carbamates (subject to hydrolysis) is 1. The number of halogens is 1. The van der Waals surface area contributed by atoms with Gasteiger partial charge < -0.3 is 39.0 Å². The zero-order valence-corrected chi connectivity index (χ0v) is 32.9. The van der Waals surface area contributed by atoms with Gasteiger partial charge in [-0.05, 0) is 51.3 Å². The highest BCUT2D eigenvalue weighted by Gasteiger charge is 2.64. The average molecular weight is 766 g/mol. The fourth-order valence-electron chi connectivity index (χ4n) is 6.55. The number of carbonyl (C=O) groups is 4. The van der Waals surface area contributed by atoms with Gasteiger partial charge in [0.25, 0.3) is 0 Å². The Labute approximate surface area is 316 Å². The van der Waals surface area contributed by atoms with Crippen LogP contribution in [0.25, 0.3) is 0 Å². The summed E-state index contributed by atoms with van der Waals surface area (Å²) in [4.78, 5) is 56.1. The minimum atomic E-state index is -2.06. The molecule has 52 heavy (non-hydrogen) atoms. The Bertz CT molecular complexity index is 1610. The van der Waals surface area contributed by atoms with Crippen LogP contribution in [0.3, 0.4) is 0 Å². The van der Waals surface area contributed by atoms with E-state index in [0.717, 1.165) is 11.1 Å². The molecule has 3 aliphatic heterocycles. The van der Waals surface area contributed by atoms with Crippen molar-refractivity contribution in [3.05, 3.63) is 46.5 Å². The number of benzene rings is 1. The summed E-state index contributed by atoms with van der Waals surface area (Å²) in [5.41, 5.74) is -1.30. The van der Waals surface area contributed by atoms with Crippen molar-refractivity contribution in [1.82, 2.24) is 10.2 Å². The van der Waals surface area contributed by atoms with E-state index >= 15 is 0 Å². The number of rotatable bonds is 7. The molecule has 4 rings (SSSR count). The van der Waals surface area contributed by atoms with Crippen LogP contribution in [0, 0.1) is 5.92 Å². The molecule has 0 aliphatic carbocycles. The van der Waals surface area contributed by atoms with Crippen LogP contribution < -0.4 is 15.0 Å². The predicted molar refractivity (Wildman–Crippen MR) is 198 cm³/mol. The highest BCUT2D eigenvalue weighted by molar-refractivity contribution is 7.81. The van der Waals surface area contributed by atoms with Gasteiger partial charge in [-0.3, -0.25) is 14.9 Å². The van der Waals surface area contributed by atoms with Crippen molar-refractivity contribution in [3.63, 3.8) is 0 Å². The van der Waals surface area contributed by atoms with Gasteiger partial charge in [0.2, 0.25) is 11.8 Å². The number of epoxide rings is 1. The molecule has 0 aromatic heterocycles. The second-order valence-electron chi connectivity index (χ2n) is 15.0. The van der Waals surface area contributed by atoms with Crippen molar-refractivity contribution in [2.24, 2.45) is 5.92 Å². The van der Waals surface area contributed by atoms with E-state index in [1.54, 1.807) is 52.1 Å². The first-order valence-electron chi connectivity index (χ1n) is 17.3. The minimum absolute atomic E-state index is 0.169. The summed E-state index contributed by atoms with van der Waals surface area (Å²) >= 11 is 11.2. The van der Waals surface area contributed by atoms with Crippen molar-refractivity contribution in [3.8, 4) is 5.75 Å². The van der Waals surface area contributed by atoms with Crippen LogP contribution >= 0.6 is 24.2 Å². The third-order valence-electron chi connectivity index (χ3n) is 10.2. The average Bonchev–Trinajstić information content (AvgIpc) is 3.76. The van der Waals surface area contributed by atoms with Gasteiger partial charge in [0.05, 0.1) is 25.3 Å². The maximum atomic E-state index is 14.1. The minimum Gasteiger partial charge on any atom is -0.495 e. The molecule has 4 bridgehead atoms. The molecule has 2 saturated heterocycles. The summed E-state index contributed by atoms with van der Waals surface area (Å²) in [6.07, 6.45) is 0.0710. The molecule has 2 fully saturated rings. The fourth-order valence-corrected chi connectivity index (χ4v) is 6.97. The molecule has 13 nitrogen and oxygen atoms in total. The molecule has 3 amide bonds. The normalized spacial score (nSPS) is 31.9. The lowest BCUT2D eigenvalue weighted by Gasteiger charge is -2.41. The van der Waals surface area contributed by atoms with E-state index in [4.69, 9.17) is 30.5 Å². The maximum Gasteiger partial charge on any atom is 0.409 e. The number of nitrogens with zero attached hydrogens (tertiary/aromatic N) is 2. The van der Waals surface area contributed by atoms with E-state index in [1.807, 2.05) is 20.8 Å². The topological polar surface area (TPSA) is 167 Å². The zero-order valence-electron chi connectivity index (χ0n) is 31.3. The second-order valence-corrected chi connectivity index (χ2v) is 16.6. The Kier molecular flexibility index (Phi) is 12.7. The van der Waals surface area contributed by atoms with Crippen LogP contribution in [0.2, 0.25) is 5.02 Å². The molecule has 3 heterocycles. The Morgan fingerprint density at radius 1 is 1.29 bits per heavy atom. The van der Waals surface area contributed by atoms with Crippen molar-refractivity contribution in [1.29, 1.82) is 0 Å². The first-order valence-corrected chi connectivity index (χ1v) is 18.1. The highest BCUT2D eigenvalue weighted by Crippen LogP contribution is 2.49. The van der Waals surface area contributed by atoms with Crippen LogP contribution in [0.5, 0.6) is 5.75 Å². The summed E-state index contributed by atoms with van der Waals surface area (Å²) < 4.78 is 23.0. The van der Waals surface area contributed by atoms with Crippen molar-refractivity contribution < 1.29 is 48.3 Å². The zero-order chi connectivity index (χ0) is 38.9. The number of carbonyl (C=O) groups excluding carboxylic acids is 4. The van der Waals surface area contributed by atoms with Gasteiger partial charge in [0, 0.05) is 37.6 Å². The van der Waals surface area contributed by atoms with Crippen LogP contribution in [0.1, 0.15) is 72.8 Å². The number of fused-ring (bicyclic) bond motifs is 5. The number of amides is 3. The number of likely N-dealkylation sites (N-methyl/N-ethyl adjacent to an activating group) is 1.